The molecule has 0 radical (unpaired) electrons. The van der Waals surface area contributed by atoms with E-state index < -0.39 is 0 Å². The Labute approximate surface area is 117 Å². The molecule has 0 saturated carbocycles. The lowest BCUT2D eigenvalue weighted by Crippen LogP contribution is -2.29. The zero-order valence-corrected chi connectivity index (χ0v) is 11.4. The number of halogens is 2. The number of hydrogen-bond acceptors (Lipinski definition) is 3. The van der Waals surface area contributed by atoms with Crippen LogP contribution in [-0.2, 0) is 6.42 Å². The predicted molar refractivity (Wildman–Crippen MR) is 71.7 cm³/mol. The van der Waals surface area contributed by atoms with Gasteiger partial charge in [-0.1, -0.05) is 11.6 Å². The van der Waals surface area contributed by atoms with E-state index in [2.05, 4.69) is 5.32 Å². The van der Waals surface area contributed by atoms with Gasteiger partial charge in [0.2, 0.25) is 0 Å². The van der Waals surface area contributed by atoms with Crippen LogP contribution in [0.15, 0.2) is 6.07 Å². The van der Waals surface area contributed by atoms with Crippen molar-refractivity contribution in [2.75, 3.05) is 26.3 Å². The van der Waals surface area contributed by atoms with Crippen LogP contribution in [0.25, 0.3) is 0 Å². The highest BCUT2D eigenvalue weighted by atomic mass is 35.5. The molecule has 0 aliphatic carbocycles. The Balaban J connectivity index is 1.86. The number of ether oxygens (including phenoxy) is 2. The van der Waals surface area contributed by atoms with Crippen molar-refractivity contribution >= 4 is 11.6 Å². The Morgan fingerprint density at radius 2 is 2.00 bits per heavy atom. The lowest BCUT2D eigenvalue weighted by atomic mass is 9.90. The van der Waals surface area contributed by atoms with Crippen molar-refractivity contribution < 1.29 is 13.9 Å². The predicted octanol–water partition coefficient (Wildman–Crippen LogP) is 2.79. The summed E-state index contributed by atoms with van der Waals surface area (Å²) in [5, 5.41) is 3.37. The molecular weight excluding hydrogens is 269 g/mol. The summed E-state index contributed by atoms with van der Waals surface area (Å²) in [5.41, 5.74) is 0.640. The molecule has 3 nitrogen and oxygen atoms in total. The van der Waals surface area contributed by atoms with Crippen LogP contribution in [0.4, 0.5) is 4.39 Å². The molecular formula is C14H17ClFNO2. The molecule has 0 bridgehead atoms. The minimum Gasteiger partial charge on any atom is -0.486 e. The fourth-order valence-electron chi connectivity index (χ4n) is 2.72. The molecule has 1 N–H and O–H groups in total. The van der Waals surface area contributed by atoms with Crippen LogP contribution in [0.1, 0.15) is 18.4 Å². The first-order valence-electron chi connectivity index (χ1n) is 6.73. The van der Waals surface area contributed by atoms with E-state index in [9.17, 15) is 4.39 Å². The molecule has 1 fully saturated rings. The molecule has 0 spiro atoms. The zero-order valence-electron chi connectivity index (χ0n) is 10.7. The van der Waals surface area contributed by atoms with Gasteiger partial charge in [0.15, 0.2) is 11.5 Å². The number of nitrogens with one attached hydrogen (secondary N) is 1. The van der Waals surface area contributed by atoms with Gasteiger partial charge in [0, 0.05) is 0 Å². The second-order valence-corrected chi connectivity index (χ2v) is 5.46. The fraction of sp³-hybridized carbons (Fsp3) is 0.571. The molecule has 2 aliphatic rings. The van der Waals surface area contributed by atoms with E-state index in [4.69, 9.17) is 21.1 Å². The second kappa shape index (κ2) is 5.55. The number of fused-ring (bicyclic) bond motifs is 1. The van der Waals surface area contributed by atoms with Crippen molar-refractivity contribution in [1.29, 1.82) is 0 Å². The molecule has 0 amide bonds. The number of hydrogen-bond donors (Lipinski definition) is 1. The van der Waals surface area contributed by atoms with E-state index in [0.29, 0.717) is 42.6 Å². The monoisotopic (exact) mass is 285 g/mol. The highest BCUT2D eigenvalue weighted by Crippen LogP contribution is 2.41. The molecule has 0 unspecified atom stereocenters. The molecule has 3 rings (SSSR count). The smallest absolute Gasteiger partial charge is 0.182 e. The molecule has 1 saturated heterocycles. The number of benzene rings is 1. The van der Waals surface area contributed by atoms with Gasteiger partial charge in [-0.2, -0.15) is 0 Å². The van der Waals surface area contributed by atoms with Gasteiger partial charge in [-0.25, -0.2) is 4.39 Å². The largest absolute Gasteiger partial charge is 0.486 e. The third-order valence-electron chi connectivity index (χ3n) is 3.76. The Hall–Kier alpha value is -1.00. The highest BCUT2D eigenvalue weighted by Gasteiger charge is 2.24. The van der Waals surface area contributed by atoms with Gasteiger partial charge in [0.1, 0.15) is 24.1 Å². The second-order valence-electron chi connectivity index (χ2n) is 5.09. The molecule has 2 heterocycles. The maximum atomic E-state index is 14.3. The van der Waals surface area contributed by atoms with Crippen molar-refractivity contribution in [3.05, 3.63) is 22.5 Å². The van der Waals surface area contributed by atoms with Crippen LogP contribution in [0.5, 0.6) is 11.5 Å². The normalized spacial score (nSPS) is 19.5. The summed E-state index contributed by atoms with van der Waals surface area (Å²) in [7, 11) is 0. The first kappa shape index (κ1) is 13.0. The molecule has 1 aromatic rings. The topological polar surface area (TPSA) is 30.5 Å². The molecule has 19 heavy (non-hydrogen) atoms. The molecule has 2 aliphatic heterocycles. The van der Waals surface area contributed by atoms with Gasteiger partial charge in [0.25, 0.3) is 0 Å². The minimum absolute atomic E-state index is 0.0566. The van der Waals surface area contributed by atoms with Crippen molar-refractivity contribution in [3.8, 4) is 11.5 Å². The van der Waals surface area contributed by atoms with Crippen LogP contribution in [0, 0.1) is 11.7 Å². The number of rotatable bonds is 2. The van der Waals surface area contributed by atoms with E-state index in [1.807, 2.05) is 0 Å². The summed E-state index contributed by atoms with van der Waals surface area (Å²) in [6.07, 6.45) is 2.86. The average molecular weight is 286 g/mol. The third kappa shape index (κ3) is 2.65. The Morgan fingerprint density at radius 1 is 1.26 bits per heavy atom. The highest BCUT2D eigenvalue weighted by molar-refractivity contribution is 6.32. The van der Waals surface area contributed by atoms with Crippen LogP contribution in [0.2, 0.25) is 5.02 Å². The molecule has 1 aromatic carbocycles. The Morgan fingerprint density at radius 3 is 2.79 bits per heavy atom. The average Bonchev–Trinajstić information content (AvgIpc) is 2.46. The van der Waals surface area contributed by atoms with Gasteiger partial charge >= 0.3 is 0 Å². The first-order valence-corrected chi connectivity index (χ1v) is 7.10. The first-order chi connectivity index (χ1) is 9.25. The van der Waals surface area contributed by atoms with Gasteiger partial charge in [-0.3, -0.25) is 0 Å². The van der Waals surface area contributed by atoms with Crippen LogP contribution < -0.4 is 14.8 Å². The standard InChI is InChI=1S/C14H17ClFNO2/c15-12-13(16)10(7-9-1-3-17-4-2-9)8-11-14(12)19-6-5-18-11/h8-9,17H,1-7H2. The van der Waals surface area contributed by atoms with E-state index >= 15 is 0 Å². The van der Waals surface area contributed by atoms with Gasteiger partial charge in [-0.15, -0.1) is 0 Å². The van der Waals surface area contributed by atoms with Crippen molar-refractivity contribution in [2.45, 2.75) is 19.3 Å². The SMILES string of the molecule is Fc1c(CC2CCNCC2)cc2c(c1Cl)OCCO2. The van der Waals surface area contributed by atoms with Crippen LogP contribution >= 0.6 is 11.6 Å². The maximum absolute atomic E-state index is 14.3. The fourth-order valence-corrected chi connectivity index (χ4v) is 2.99. The van der Waals surface area contributed by atoms with E-state index in [-0.39, 0.29) is 10.8 Å². The summed E-state index contributed by atoms with van der Waals surface area (Å²) in [6, 6.07) is 1.75. The number of piperidine rings is 1. The summed E-state index contributed by atoms with van der Waals surface area (Å²) >= 11 is 6.04. The van der Waals surface area contributed by atoms with E-state index in [1.54, 1.807) is 6.07 Å². The van der Waals surface area contributed by atoms with E-state index in [1.165, 1.54) is 0 Å². The zero-order chi connectivity index (χ0) is 13.2. The summed E-state index contributed by atoms with van der Waals surface area (Å²) in [4.78, 5) is 0. The quantitative estimate of drug-likeness (QED) is 0.906. The van der Waals surface area contributed by atoms with Gasteiger partial charge in [0.05, 0.1) is 0 Å². The van der Waals surface area contributed by atoms with Gasteiger partial charge in [-0.05, 0) is 49.9 Å². The summed E-state index contributed by atoms with van der Waals surface area (Å²) < 4.78 is 25.1. The van der Waals surface area contributed by atoms with Crippen molar-refractivity contribution in [3.63, 3.8) is 0 Å². The lowest BCUT2D eigenvalue weighted by molar-refractivity contribution is 0.170. The maximum Gasteiger partial charge on any atom is 0.182 e. The minimum atomic E-state index is -0.357. The Kier molecular flexibility index (Phi) is 3.80. The summed E-state index contributed by atoms with van der Waals surface area (Å²) in [6.45, 7) is 2.91. The van der Waals surface area contributed by atoms with Gasteiger partial charge < -0.3 is 14.8 Å². The third-order valence-corrected chi connectivity index (χ3v) is 4.10. The van der Waals surface area contributed by atoms with E-state index in [0.717, 1.165) is 25.9 Å². The molecule has 104 valence electrons. The van der Waals surface area contributed by atoms with Crippen molar-refractivity contribution in [1.82, 2.24) is 5.32 Å². The lowest BCUT2D eigenvalue weighted by Gasteiger charge is -2.25. The summed E-state index contributed by atoms with van der Waals surface area (Å²) in [5.74, 6) is 1.07. The Bertz CT molecular complexity index is 475. The molecule has 5 heteroatoms. The molecule has 0 aromatic heterocycles. The van der Waals surface area contributed by atoms with Crippen LogP contribution in [-0.4, -0.2) is 26.3 Å². The molecule has 0 atom stereocenters. The van der Waals surface area contributed by atoms with Crippen molar-refractivity contribution in [2.24, 2.45) is 5.92 Å². The van der Waals surface area contributed by atoms with Crippen LogP contribution in [0.3, 0.4) is 0 Å².